The number of hydrogen-bond donors (Lipinski definition) is 1. The summed E-state index contributed by atoms with van der Waals surface area (Å²) in [5.41, 5.74) is 7.15. The van der Waals surface area contributed by atoms with Crippen molar-refractivity contribution in [3.8, 4) is 22.3 Å². The van der Waals surface area contributed by atoms with E-state index in [0.717, 1.165) is 11.4 Å². The van der Waals surface area contributed by atoms with E-state index < -0.39 is 0 Å². The van der Waals surface area contributed by atoms with Crippen molar-refractivity contribution in [1.29, 1.82) is 0 Å². The molecule has 0 radical (unpaired) electrons. The van der Waals surface area contributed by atoms with Crippen LogP contribution in [0, 0.1) is 0 Å². The van der Waals surface area contributed by atoms with Crippen LogP contribution in [0.1, 0.15) is 0 Å². The molecule has 0 aromatic heterocycles. The molecule has 0 atom stereocenters. The first-order valence-electron chi connectivity index (χ1n) is 12.7. The zero-order valence-corrected chi connectivity index (χ0v) is 20.4. The van der Waals surface area contributed by atoms with Gasteiger partial charge in [0.1, 0.15) is 0 Å². The van der Waals surface area contributed by atoms with Gasteiger partial charge in [0.25, 0.3) is 0 Å². The summed E-state index contributed by atoms with van der Waals surface area (Å²) < 4.78 is 0. The highest BCUT2D eigenvalue weighted by Crippen LogP contribution is 2.39. The Morgan fingerprint density at radius 1 is 0.351 bits per heavy atom. The Hall–Kier alpha value is -4.88. The second-order valence-corrected chi connectivity index (χ2v) is 9.47. The molecule has 0 amide bonds. The Balaban J connectivity index is 1.34. The number of benzene rings is 7. The van der Waals surface area contributed by atoms with Crippen molar-refractivity contribution in [2.24, 2.45) is 0 Å². The van der Waals surface area contributed by atoms with Gasteiger partial charge in [0.05, 0.1) is 0 Å². The topological polar surface area (TPSA) is 12.0 Å². The maximum Gasteiger partial charge on any atom is 0.0464 e. The Labute approximate surface area is 216 Å². The SMILES string of the molecule is c1ccc(-c2ccc(Nc3cccc4c(-c5cc6ccccc6c6ccccc56)cccc34)cc2)cc1. The molecule has 1 nitrogen and oxygen atoms in total. The van der Waals surface area contributed by atoms with E-state index in [9.17, 15) is 0 Å². The van der Waals surface area contributed by atoms with Crippen molar-refractivity contribution in [2.75, 3.05) is 5.32 Å². The van der Waals surface area contributed by atoms with Crippen LogP contribution in [-0.2, 0) is 0 Å². The van der Waals surface area contributed by atoms with E-state index in [1.165, 1.54) is 54.6 Å². The first kappa shape index (κ1) is 21.4. The average molecular weight is 472 g/mol. The zero-order chi connectivity index (χ0) is 24.6. The second kappa shape index (κ2) is 8.96. The molecular formula is C36H25N. The lowest BCUT2D eigenvalue weighted by atomic mass is 9.90. The van der Waals surface area contributed by atoms with Crippen molar-refractivity contribution in [3.63, 3.8) is 0 Å². The fourth-order valence-corrected chi connectivity index (χ4v) is 5.46. The molecule has 0 heterocycles. The monoisotopic (exact) mass is 471 g/mol. The van der Waals surface area contributed by atoms with Crippen LogP contribution in [0.5, 0.6) is 0 Å². The van der Waals surface area contributed by atoms with Gasteiger partial charge in [-0.05, 0) is 73.5 Å². The van der Waals surface area contributed by atoms with E-state index in [2.05, 4.69) is 151 Å². The highest BCUT2D eigenvalue weighted by Gasteiger charge is 2.12. The smallest absolute Gasteiger partial charge is 0.0464 e. The van der Waals surface area contributed by atoms with Gasteiger partial charge >= 0.3 is 0 Å². The van der Waals surface area contributed by atoms with Gasteiger partial charge < -0.3 is 5.32 Å². The molecule has 0 saturated carbocycles. The standard InChI is InChI=1S/C36H25N/c1-2-10-25(11-3-1)26-20-22-28(23-21-26)37-36-19-9-17-31-33(16-8-18-34(31)36)35-24-27-12-4-5-13-29(27)30-14-6-7-15-32(30)35/h1-24,37H. The molecule has 0 spiro atoms. The van der Waals surface area contributed by atoms with Crippen LogP contribution in [0.2, 0.25) is 0 Å². The predicted octanol–water partition coefficient (Wildman–Crippen LogP) is 10.2. The maximum absolute atomic E-state index is 3.67. The number of nitrogens with one attached hydrogen (secondary N) is 1. The summed E-state index contributed by atoms with van der Waals surface area (Å²) in [5.74, 6) is 0. The molecule has 7 aromatic carbocycles. The molecule has 0 bridgehead atoms. The normalized spacial score (nSPS) is 11.2. The van der Waals surface area contributed by atoms with E-state index in [1.54, 1.807) is 0 Å². The highest BCUT2D eigenvalue weighted by atomic mass is 14.9. The van der Waals surface area contributed by atoms with Crippen LogP contribution in [-0.4, -0.2) is 0 Å². The largest absolute Gasteiger partial charge is 0.355 e. The minimum absolute atomic E-state index is 1.08. The van der Waals surface area contributed by atoms with E-state index in [4.69, 9.17) is 0 Å². The van der Waals surface area contributed by atoms with E-state index in [-0.39, 0.29) is 0 Å². The highest BCUT2D eigenvalue weighted by molar-refractivity contribution is 6.17. The molecule has 0 unspecified atom stereocenters. The van der Waals surface area contributed by atoms with Gasteiger partial charge in [-0.15, -0.1) is 0 Å². The molecule has 0 aliphatic rings. The van der Waals surface area contributed by atoms with Gasteiger partial charge in [0.15, 0.2) is 0 Å². The Kier molecular flexibility index (Phi) is 5.19. The molecule has 7 rings (SSSR count). The Morgan fingerprint density at radius 2 is 0.946 bits per heavy atom. The molecule has 0 aliphatic carbocycles. The van der Waals surface area contributed by atoms with Crippen molar-refractivity contribution in [1.82, 2.24) is 0 Å². The van der Waals surface area contributed by atoms with Gasteiger partial charge in [-0.25, -0.2) is 0 Å². The minimum atomic E-state index is 1.08. The van der Waals surface area contributed by atoms with Gasteiger partial charge in [0.2, 0.25) is 0 Å². The molecule has 37 heavy (non-hydrogen) atoms. The van der Waals surface area contributed by atoms with E-state index >= 15 is 0 Å². The fourth-order valence-electron chi connectivity index (χ4n) is 5.46. The molecule has 174 valence electrons. The average Bonchev–Trinajstić information content (AvgIpc) is 2.97. The van der Waals surface area contributed by atoms with Gasteiger partial charge in [-0.3, -0.25) is 0 Å². The summed E-state index contributed by atoms with van der Waals surface area (Å²) in [5, 5.41) is 11.3. The lowest BCUT2D eigenvalue weighted by Gasteiger charge is -2.15. The summed E-state index contributed by atoms with van der Waals surface area (Å²) in [4.78, 5) is 0. The first-order valence-corrected chi connectivity index (χ1v) is 12.7. The molecular weight excluding hydrogens is 446 g/mol. The van der Waals surface area contributed by atoms with Crippen LogP contribution in [0.15, 0.2) is 146 Å². The third-order valence-corrected chi connectivity index (χ3v) is 7.25. The Bertz CT molecular complexity index is 1880. The maximum atomic E-state index is 3.67. The van der Waals surface area contributed by atoms with Crippen molar-refractivity contribution in [2.45, 2.75) is 0 Å². The number of anilines is 2. The van der Waals surface area contributed by atoms with Crippen molar-refractivity contribution < 1.29 is 0 Å². The van der Waals surface area contributed by atoms with E-state index in [0.29, 0.717) is 0 Å². The molecule has 7 aromatic rings. The third kappa shape index (κ3) is 3.82. The van der Waals surface area contributed by atoms with Crippen molar-refractivity contribution in [3.05, 3.63) is 146 Å². The zero-order valence-electron chi connectivity index (χ0n) is 20.4. The van der Waals surface area contributed by atoms with Gasteiger partial charge in [0, 0.05) is 16.8 Å². The second-order valence-electron chi connectivity index (χ2n) is 9.47. The summed E-state index contributed by atoms with van der Waals surface area (Å²) in [7, 11) is 0. The van der Waals surface area contributed by atoms with Crippen LogP contribution < -0.4 is 5.32 Å². The van der Waals surface area contributed by atoms with Gasteiger partial charge in [-0.1, -0.05) is 121 Å². The van der Waals surface area contributed by atoms with Crippen LogP contribution in [0.4, 0.5) is 11.4 Å². The number of rotatable bonds is 4. The van der Waals surface area contributed by atoms with Crippen LogP contribution in [0.25, 0.3) is 54.6 Å². The lowest BCUT2D eigenvalue weighted by Crippen LogP contribution is -1.93. The van der Waals surface area contributed by atoms with Crippen LogP contribution in [0.3, 0.4) is 0 Å². The summed E-state index contributed by atoms with van der Waals surface area (Å²) in [6.07, 6.45) is 0. The summed E-state index contributed by atoms with van der Waals surface area (Å²) >= 11 is 0. The summed E-state index contributed by atoms with van der Waals surface area (Å²) in [6, 6.07) is 52.1. The molecule has 1 heteroatoms. The molecule has 1 N–H and O–H groups in total. The third-order valence-electron chi connectivity index (χ3n) is 7.25. The predicted molar refractivity (Wildman–Crippen MR) is 160 cm³/mol. The fraction of sp³-hybridized carbons (Fsp3) is 0. The molecule has 0 aliphatic heterocycles. The van der Waals surface area contributed by atoms with E-state index in [1.807, 2.05) is 0 Å². The number of fused-ring (bicyclic) bond motifs is 4. The quantitative estimate of drug-likeness (QED) is 0.252. The Morgan fingerprint density at radius 3 is 1.78 bits per heavy atom. The number of hydrogen-bond acceptors (Lipinski definition) is 1. The first-order chi connectivity index (χ1) is 18.3. The summed E-state index contributed by atoms with van der Waals surface area (Å²) in [6.45, 7) is 0. The van der Waals surface area contributed by atoms with Gasteiger partial charge in [-0.2, -0.15) is 0 Å². The van der Waals surface area contributed by atoms with Crippen molar-refractivity contribution >= 4 is 43.7 Å². The minimum Gasteiger partial charge on any atom is -0.355 e. The lowest BCUT2D eigenvalue weighted by molar-refractivity contribution is 1.56. The molecule has 0 saturated heterocycles. The van der Waals surface area contributed by atoms with Crippen LogP contribution >= 0.6 is 0 Å². The molecule has 0 fully saturated rings.